The topological polar surface area (TPSA) is 78.9 Å². The number of unbranched alkanes of at least 4 members (excludes halogenated alkanes) is 19. The third-order valence-corrected chi connectivity index (χ3v) is 12.1. The van der Waals surface area contributed by atoms with Crippen molar-refractivity contribution in [2.75, 3.05) is 13.2 Å². The molecule has 0 N–H and O–H groups in total. The SMILES string of the molecule is CC/C=C\C/C=C\C/C=C\C/C=C\C/C=C\CCCCCC(=O)O[C@H](COC(=O)CCCCC/C=C\C/C=C\C/C=C\C/C=C\CCCCC)COC(=O)CCCCCCCCC/C=C\C/C=C\CCCCC. The van der Waals surface area contributed by atoms with Gasteiger partial charge in [-0.05, 0) is 141 Å². The lowest BCUT2D eigenvalue weighted by atomic mass is 10.1. The molecule has 0 saturated heterocycles. The minimum Gasteiger partial charge on any atom is -0.462 e. The van der Waals surface area contributed by atoms with E-state index in [2.05, 4.69) is 154 Å². The lowest BCUT2D eigenvalue weighted by Crippen LogP contribution is -2.30. The number of hydrogen-bond acceptors (Lipinski definition) is 6. The van der Waals surface area contributed by atoms with E-state index in [4.69, 9.17) is 14.2 Å². The van der Waals surface area contributed by atoms with Crippen LogP contribution in [-0.2, 0) is 28.6 Å². The standard InChI is InChI=1S/C67H108O6/c1-4-7-10-13-16-19-22-25-28-31-33-36-39-42-45-48-51-54-57-60-66(69)72-63-64(62-71-65(68)59-56-53-50-47-44-41-38-35-30-27-24-21-18-15-12-9-6-3)73-67(70)61-58-55-52-49-46-43-40-37-34-32-29-26-23-20-17-14-11-8-5-2/h8,11,16-21,25-30,33-34,36-37,42-43,45-46,64H,4-7,9-10,12-15,22-24,31-32,35,38-41,44,47-63H2,1-3H3/b11-8-,19-16-,20-17-,21-18-,28-25-,29-26-,30-27-,36-33-,37-34-,45-42-,46-43-/t64-/m0/s1. The fourth-order valence-corrected chi connectivity index (χ4v) is 7.66. The van der Waals surface area contributed by atoms with Crippen molar-refractivity contribution in [3.8, 4) is 0 Å². The van der Waals surface area contributed by atoms with Gasteiger partial charge in [-0.1, -0.05) is 225 Å². The summed E-state index contributed by atoms with van der Waals surface area (Å²) < 4.78 is 16.8. The third kappa shape index (κ3) is 58.3. The van der Waals surface area contributed by atoms with Gasteiger partial charge < -0.3 is 14.2 Å². The molecule has 0 amide bonds. The van der Waals surface area contributed by atoms with Crippen molar-refractivity contribution in [1.82, 2.24) is 0 Å². The van der Waals surface area contributed by atoms with Gasteiger partial charge in [-0.2, -0.15) is 0 Å². The molecular formula is C67H108O6. The molecule has 6 nitrogen and oxygen atoms in total. The van der Waals surface area contributed by atoms with Gasteiger partial charge in [0.15, 0.2) is 6.10 Å². The zero-order valence-electron chi connectivity index (χ0n) is 47.1. The van der Waals surface area contributed by atoms with Crippen molar-refractivity contribution in [2.45, 2.75) is 258 Å². The molecule has 0 radical (unpaired) electrons. The molecule has 0 rings (SSSR count). The predicted molar refractivity (Wildman–Crippen MR) is 316 cm³/mol. The third-order valence-electron chi connectivity index (χ3n) is 12.1. The minimum absolute atomic E-state index is 0.110. The van der Waals surface area contributed by atoms with Crippen molar-refractivity contribution in [3.05, 3.63) is 134 Å². The molecule has 6 heteroatoms. The summed E-state index contributed by atoms with van der Waals surface area (Å²) in [5.74, 6) is -0.984. The Balaban J connectivity index is 4.55. The van der Waals surface area contributed by atoms with Gasteiger partial charge in [0.25, 0.3) is 0 Å². The van der Waals surface area contributed by atoms with Gasteiger partial charge in [0.1, 0.15) is 13.2 Å². The molecule has 0 aromatic heterocycles. The maximum Gasteiger partial charge on any atom is 0.306 e. The molecule has 0 saturated carbocycles. The van der Waals surface area contributed by atoms with E-state index >= 15 is 0 Å². The molecule has 0 aliphatic rings. The van der Waals surface area contributed by atoms with Gasteiger partial charge in [-0.3, -0.25) is 14.4 Å². The van der Waals surface area contributed by atoms with Crippen molar-refractivity contribution in [2.24, 2.45) is 0 Å². The quantitative estimate of drug-likeness (QED) is 0.0261. The number of rotatable bonds is 52. The van der Waals surface area contributed by atoms with Gasteiger partial charge in [0.2, 0.25) is 0 Å². The van der Waals surface area contributed by atoms with Crippen LogP contribution >= 0.6 is 0 Å². The van der Waals surface area contributed by atoms with Crippen LogP contribution in [0.25, 0.3) is 0 Å². The summed E-state index contributed by atoms with van der Waals surface area (Å²) in [6, 6.07) is 0. The predicted octanol–water partition coefficient (Wildman–Crippen LogP) is 20.2. The zero-order chi connectivity index (χ0) is 52.9. The van der Waals surface area contributed by atoms with Crippen molar-refractivity contribution in [3.63, 3.8) is 0 Å². The summed E-state index contributed by atoms with van der Waals surface area (Å²) in [7, 11) is 0. The molecule has 0 aromatic carbocycles. The Hall–Kier alpha value is -4.45. The molecule has 0 unspecified atom stereocenters. The molecule has 73 heavy (non-hydrogen) atoms. The van der Waals surface area contributed by atoms with Crippen LogP contribution in [0.1, 0.15) is 252 Å². The van der Waals surface area contributed by atoms with Crippen LogP contribution in [0.3, 0.4) is 0 Å². The van der Waals surface area contributed by atoms with E-state index in [0.717, 1.165) is 128 Å². The first-order chi connectivity index (χ1) is 36.0. The van der Waals surface area contributed by atoms with Crippen molar-refractivity contribution >= 4 is 17.9 Å². The maximum atomic E-state index is 12.9. The highest BCUT2D eigenvalue weighted by atomic mass is 16.6. The summed E-state index contributed by atoms with van der Waals surface area (Å²) in [4.78, 5) is 38.2. The van der Waals surface area contributed by atoms with E-state index in [1.54, 1.807) is 0 Å². The van der Waals surface area contributed by atoms with Crippen LogP contribution in [-0.4, -0.2) is 37.2 Å². The number of ether oxygens (including phenoxy) is 3. The van der Waals surface area contributed by atoms with Crippen molar-refractivity contribution < 1.29 is 28.6 Å². The smallest absolute Gasteiger partial charge is 0.306 e. The molecule has 0 aromatic rings. The Labute approximate surface area is 449 Å². The number of carbonyl (C=O) groups excluding carboxylic acids is 3. The molecule has 0 fully saturated rings. The minimum atomic E-state index is -0.818. The van der Waals surface area contributed by atoms with E-state index in [1.165, 1.54) is 77.0 Å². The molecule has 1 atom stereocenters. The van der Waals surface area contributed by atoms with Crippen LogP contribution in [0.2, 0.25) is 0 Å². The number of allylic oxidation sites excluding steroid dienone is 22. The summed E-state index contributed by atoms with van der Waals surface area (Å²) in [5, 5.41) is 0. The fraction of sp³-hybridized carbons (Fsp3) is 0.627. The first-order valence-corrected chi connectivity index (χ1v) is 29.7. The average molecular weight is 1010 g/mol. The second-order valence-corrected chi connectivity index (χ2v) is 19.2. The van der Waals surface area contributed by atoms with Crippen LogP contribution in [0, 0.1) is 0 Å². The van der Waals surface area contributed by atoms with Gasteiger partial charge in [-0.15, -0.1) is 0 Å². The zero-order valence-corrected chi connectivity index (χ0v) is 47.1. The van der Waals surface area contributed by atoms with E-state index in [0.29, 0.717) is 19.3 Å². The molecule has 0 aliphatic heterocycles. The average Bonchev–Trinajstić information content (AvgIpc) is 3.39. The Morgan fingerprint density at radius 1 is 0.288 bits per heavy atom. The number of carbonyl (C=O) groups is 3. The first-order valence-electron chi connectivity index (χ1n) is 29.7. The van der Waals surface area contributed by atoms with Gasteiger partial charge in [0.05, 0.1) is 0 Å². The van der Waals surface area contributed by atoms with E-state index in [-0.39, 0.29) is 37.5 Å². The number of hydrogen-bond donors (Lipinski definition) is 0. The lowest BCUT2D eigenvalue weighted by molar-refractivity contribution is -0.167. The Bertz CT molecular complexity index is 1580. The Kier molecular flexibility index (Phi) is 56.4. The van der Waals surface area contributed by atoms with Crippen LogP contribution in [0.4, 0.5) is 0 Å². The first kappa shape index (κ1) is 68.6. The summed E-state index contributed by atoms with van der Waals surface area (Å²) in [6.07, 6.45) is 84.3. The molecule has 0 heterocycles. The molecule has 0 spiro atoms. The van der Waals surface area contributed by atoms with E-state index in [1.807, 2.05) is 0 Å². The summed E-state index contributed by atoms with van der Waals surface area (Å²) in [5.41, 5.74) is 0. The Morgan fingerprint density at radius 3 is 0.849 bits per heavy atom. The lowest BCUT2D eigenvalue weighted by Gasteiger charge is -2.18. The largest absolute Gasteiger partial charge is 0.462 e. The van der Waals surface area contributed by atoms with Crippen LogP contribution in [0.5, 0.6) is 0 Å². The monoisotopic (exact) mass is 1010 g/mol. The summed E-state index contributed by atoms with van der Waals surface area (Å²) in [6.45, 7) is 6.41. The molecule has 412 valence electrons. The Morgan fingerprint density at radius 2 is 0.534 bits per heavy atom. The van der Waals surface area contributed by atoms with E-state index < -0.39 is 6.10 Å². The normalized spacial score (nSPS) is 13.1. The highest BCUT2D eigenvalue weighted by Crippen LogP contribution is 2.13. The second-order valence-electron chi connectivity index (χ2n) is 19.2. The van der Waals surface area contributed by atoms with Gasteiger partial charge in [-0.25, -0.2) is 0 Å². The van der Waals surface area contributed by atoms with Gasteiger partial charge >= 0.3 is 17.9 Å². The molecule has 0 bridgehead atoms. The van der Waals surface area contributed by atoms with Crippen LogP contribution < -0.4 is 0 Å². The maximum absolute atomic E-state index is 12.9. The highest BCUT2D eigenvalue weighted by Gasteiger charge is 2.19. The fourth-order valence-electron chi connectivity index (χ4n) is 7.66. The highest BCUT2D eigenvalue weighted by molar-refractivity contribution is 5.71. The molecule has 0 aliphatic carbocycles. The summed E-state index contributed by atoms with van der Waals surface area (Å²) >= 11 is 0. The van der Waals surface area contributed by atoms with Gasteiger partial charge in [0, 0.05) is 19.3 Å². The van der Waals surface area contributed by atoms with Crippen LogP contribution in [0.15, 0.2) is 134 Å². The second kappa shape index (κ2) is 60.1. The molecular weight excluding hydrogens is 901 g/mol. The number of esters is 3. The van der Waals surface area contributed by atoms with E-state index in [9.17, 15) is 14.4 Å². The van der Waals surface area contributed by atoms with Crippen molar-refractivity contribution in [1.29, 1.82) is 0 Å².